The number of nitrogens with zero attached hydrogens (tertiary/aromatic N) is 2. The molecule has 0 aliphatic carbocycles. The molecule has 0 saturated carbocycles. The SMILES string of the molecule is CCOC(=O)c1scc(Cl)c1COc1cc(-c2nnc(-c3ccc(Cl)cc3)o2)ccc1C. The van der Waals surface area contributed by atoms with Gasteiger partial charge in [0.25, 0.3) is 0 Å². The second kappa shape index (κ2) is 9.73. The summed E-state index contributed by atoms with van der Waals surface area (Å²) >= 11 is 13.4. The van der Waals surface area contributed by atoms with Gasteiger partial charge in [0.05, 0.1) is 11.6 Å². The van der Waals surface area contributed by atoms with Crippen molar-refractivity contribution in [3.63, 3.8) is 0 Å². The standard InChI is InChI=1S/C23H18Cl2N2O4S/c1-3-29-23(28)20-17(18(25)12-32-20)11-30-19-10-15(5-4-13(19)2)22-27-26-21(31-22)14-6-8-16(24)9-7-14/h4-10,12H,3,11H2,1-2H3. The Balaban J connectivity index is 1.55. The smallest absolute Gasteiger partial charge is 0.348 e. The lowest BCUT2D eigenvalue weighted by molar-refractivity contribution is 0.0529. The van der Waals surface area contributed by atoms with Crippen LogP contribution in [-0.2, 0) is 11.3 Å². The van der Waals surface area contributed by atoms with E-state index < -0.39 is 5.97 Å². The number of esters is 1. The molecule has 0 unspecified atom stereocenters. The Labute approximate surface area is 198 Å². The molecule has 0 radical (unpaired) electrons. The summed E-state index contributed by atoms with van der Waals surface area (Å²) in [6, 6.07) is 12.8. The Kier molecular flexibility index (Phi) is 6.79. The zero-order valence-corrected chi connectivity index (χ0v) is 19.6. The molecule has 2 aromatic heterocycles. The summed E-state index contributed by atoms with van der Waals surface area (Å²) in [5.41, 5.74) is 2.99. The van der Waals surface area contributed by atoms with E-state index in [0.717, 1.165) is 11.1 Å². The summed E-state index contributed by atoms with van der Waals surface area (Å²) in [5, 5.41) is 11.1. The largest absolute Gasteiger partial charge is 0.488 e. The first-order valence-electron chi connectivity index (χ1n) is 9.72. The number of carbonyl (C=O) groups excluding carboxylic acids is 1. The summed E-state index contributed by atoms with van der Waals surface area (Å²) in [4.78, 5) is 12.6. The molecule has 0 atom stereocenters. The summed E-state index contributed by atoms with van der Waals surface area (Å²) in [7, 11) is 0. The molecular weight excluding hydrogens is 471 g/mol. The first kappa shape index (κ1) is 22.3. The van der Waals surface area contributed by atoms with Crippen LogP contribution in [0.1, 0.15) is 27.7 Å². The molecule has 32 heavy (non-hydrogen) atoms. The number of aryl methyl sites for hydroxylation is 1. The summed E-state index contributed by atoms with van der Waals surface area (Å²) < 4.78 is 16.9. The number of thiophene rings is 1. The molecular formula is C23H18Cl2N2O4S. The fraction of sp³-hybridized carbons (Fsp3) is 0.174. The van der Waals surface area contributed by atoms with Gasteiger partial charge in [0.2, 0.25) is 11.8 Å². The Morgan fingerprint density at radius 1 is 1.06 bits per heavy atom. The molecule has 0 saturated heterocycles. The molecule has 0 aliphatic heterocycles. The van der Waals surface area contributed by atoms with Gasteiger partial charge in [-0.15, -0.1) is 21.5 Å². The van der Waals surface area contributed by atoms with Crippen LogP contribution < -0.4 is 4.74 Å². The second-order valence-electron chi connectivity index (χ2n) is 6.80. The van der Waals surface area contributed by atoms with Crippen LogP contribution in [0, 0.1) is 6.92 Å². The van der Waals surface area contributed by atoms with E-state index in [1.54, 1.807) is 24.4 Å². The maximum absolute atomic E-state index is 12.2. The first-order chi connectivity index (χ1) is 15.5. The average Bonchev–Trinajstić information content (AvgIpc) is 3.41. The van der Waals surface area contributed by atoms with Crippen LogP contribution >= 0.6 is 34.5 Å². The molecule has 4 aromatic rings. The molecule has 0 aliphatic rings. The number of hydrogen-bond acceptors (Lipinski definition) is 7. The van der Waals surface area contributed by atoms with Crippen molar-refractivity contribution in [3.05, 3.63) is 73.9 Å². The summed E-state index contributed by atoms with van der Waals surface area (Å²) in [6.07, 6.45) is 0. The van der Waals surface area contributed by atoms with Crippen molar-refractivity contribution >= 4 is 40.5 Å². The van der Waals surface area contributed by atoms with E-state index in [2.05, 4.69) is 10.2 Å². The van der Waals surface area contributed by atoms with Crippen LogP contribution in [0.2, 0.25) is 10.0 Å². The van der Waals surface area contributed by atoms with Gasteiger partial charge in [-0.2, -0.15) is 0 Å². The maximum Gasteiger partial charge on any atom is 0.348 e. The van der Waals surface area contributed by atoms with Crippen molar-refractivity contribution in [1.29, 1.82) is 0 Å². The molecule has 0 amide bonds. The Morgan fingerprint density at radius 2 is 1.75 bits per heavy atom. The molecule has 0 fully saturated rings. The first-order valence-corrected chi connectivity index (χ1v) is 11.4. The molecule has 0 N–H and O–H groups in total. The number of rotatable bonds is 7. The molecule has 164 valence electrons. The van der Waals surface area contributed by atoms with Crippen LogP contribution in [0.15, 0.2) is 52.3 Å². The Bertz CT molecular complexity index is 1250. The lowest BCUT2D eigenvalue weighted by Gasteiger charge is -2.11. The van der Waals surface area contributed by atoms with Crippen LogP contribution in [-0.4, -0.2) is 22.8 Å². The second-order valence-corrected chi connectivity index (χ2v) is 8.52. The molecule has 0 bridgehead atoms. The topological polar surface area (TPSA) is 74.5 Å². The van der Waals surface area contributed by atoms with Crippen LogP contribution in [0.4, 0.5) is 0 Å². The van der Waals surface area contributed by atoms with E-state index >= 15 is 0 Å². The van der Waals surface area contributed by atoms with Crippen molar-refractivity contribution < 1.29 is 18.7 Å². The number of benzene rings is 2. The van der Waals surface area contributed by atoms with Crippen molar-refractivity contribution in [1.82, 2.24) is 10.2 Å². The molecule has 2 heterocycles. The Hall–Kier alpha value is -2.87. The van der Waals surface area contributed by atoms with Crippen molar-refractivity contribution in [2.24, 2.45) is 0 Å². The number of hydrogen-bond donors (Lipinski definition) is 0. The highest BCUT2D eigenvalue weighted by Crippen LogP contribution is 2.32. The van der Waals surface area contributed by atoms with Crippen molar-refractivity contribution in [3.8, 4) is 28.7 Å². The molecule has 9 heteroatoms. The van der Waals surface area contributed by atoms with Crippen LogP contribution in [0.5, 0.6) is 5.75 Å². The van der Waals surface area contributed by atoms with Gasteiger partial charge in [-0.05, 0) is 55.8 Å². The van der Waals surface area contributed by atoms with E-state index in [1.807, 2.05) is 37.3 Å². The van der Waals surface area contributed by atoms with Crippen LogP contribution in [0.25, 0.3) is 22.9 Å². The van der Waals surface area contributed by atoms with Gasteiger partial charge in [0, 0.05) is 27.1 Å². The monoisotopic (exact) mass is 488 g/mol. The fourth-order valence-corrected chi connectivity index (χ4v) is 4.25. The zero-order chi connectivity index (χ0) is 22.7. The highest BCUT2D eigenvalue weighted by molar-refractivity contribution is 7.12. The number of aromatic nitrogens is 2. The molecule has 4 rings (SSSR count). The van der Waals surface area contributed by atoms with E-state index in [1.165, 1.54) is 11.3 Å². The highest BCUT2D eigenvalue weighted by Gasteiger charge is 2.19. The van der Waals surface area contributed by atoms with Gasteiger partial charge in [0.15, 0.2) is 0 Å². The van der Waals surface area contributed by atoms with E-state index in [4.69, 9.17) is 37.1 Å². The Morgan fingerprint density at radius 3 is 2.47 bits per heavy atom. The zero-order valence-electron chi connectivity index (χ0n) is 17.2. The van der Waals surface area contributed by atoms with Crippen molar-refractivity contribution in [2.75, 3.05) is 6.61 Å². The highest BCUT2D eigenvalue weighted by atomic mass is 35.5. The predicted molar refractivity (Wildman–Crippen MR) is 125 cm³/mol. The summed E-state index contributed by atoms with van der Waals surface area (Å²) in [5.74, 6) is 0.962. The van der Waals surface area contributed by atoms with E-state index in [-0.39, 0.29) is 13.2 Å². The van der Waals surface area contributed by atoms with Gasteiger partial charge in [-0.3, -0.25) is 0 Å². The van der Waals surface area contributed by atoms with Crippen LogP contribution in [0.3, 0.4) is 0 Å². The lowest BCUT2D eigenvalue weighted by atomic mass is 10.1. The molecule has 0 spiro atoms. The predicted octanol–water partition coefficient (Wildman–Crippen LogP) is 6.84. The van der Waals surface area contributed by atoms with Gasteiger partial charge < -0.3 is 13.9 Å². The van der Waals surface area contributed by atoms with E-state index in [0.29, 0.717) is 43.6 Å². The molecule has 2 aromatic carbocycles. The minimum absolute atomic E-state index is 0.126. The van der Waals surface area contributed by atoms with Gasteiger partial charge in [0.1, 0.15) is 17.2 Å². The lowest BCUT2D eigenvalue weighted by Crippen LogP contribution is -2.07. The minimum atomic E-state index is -0.408. The minimum Gasteiger partial charge on any atom is -0.488 e. The van der Waals surface area contributed by atoms with Crippen molar-refractivity contribution in [2.45, 2.75) is 20.5 Å². The number of carbonyl (C=O) groups is 1. The number of ether oxygens (including phenoxy) is 2. The molecule has 6 nitrogen and oxygen atoms in total. The fourth-order valence-electron chi connectivity index (χ4n) is 2.95. The average molecular weight is 489 g/mol. The quantitative estimate of drug-likeness (QED) is 0.265. The number of halogens is 2. The third-order valence-corrected chi connectivity index (χ3v) is 6.35. The van der Waals surface area contributed by atoms with E-state index in [9.17, 15) is 4.79 Å². The maximum atomic E-state index is 12.2. The third-order valence-electron chi connectivity index (χ3n) is 4.63. The van der Waals surface area contributed by atoms with Gasteiger partial charge in [-0.25, -0.2) is 4.79 Å². The van der Waals surface area contributed by atoms with Gasteiger partial charge >= 0.3 is 5.97 Å². The third kappa shape index (κ3) is 4.80. The summed E-state index contributed by atoms with van der Waals surface area (Å²) in [6.45, 7) is 4.10. The van der Waals surface area contributed by atoms with Gasteiger partial charge in [-0.1, -0.05) is 29.3 Å². The normalized spacial score (nSPS) is 10.9.